The minimum Gasteiger partial charge on any atom is -0.481 e. The summed E-state index contributed by atoms with van der Waals surface area (Å²) in [6.45, 7) is 5.99. The van der Waals surface area contributed by atoms with Crippen LogP contribution in [0.3, 0.4) is 0 Å². The van der Waals surface area contributed by atoms with Gasteiger partial charge in [0.2, 0.25) is 5.88 Å². The average Bonchev–Trinajstić information content (AvgIpc) is 2.51. The van der Waals surface area contributed by atoms with Crippen LogP contribution in [0.2, 0.25) is 0 Å². The Labute approximate surface area is 120 Å². The van der Waals surface area contributed by atoms with Gasteiger partial charge < -0.3 is 10.1 Å². The fourth-order valence-electron chi connectivity index (χ4n) is 1.10. The molecule has 4 nitrogen and oxygen atoms in total. The summed E-state index contributed by atoms with van der Waals surface area (Å²) in [7, 11) is 3.35. The van der Waals surface area contributed by atoms with Crippen molar-refractivity contribution in [1.29, 1.82) is 0 Å². The summed E-state index contributed by atoms with van der Waals surface area (Å²) < 4.78 is 17.0. The molecule has 2 aromatic heterocycles. The van der Waals surface area contributed by atoms with E-state index in [0.29, 0.717) is 11.7 Å². The normalized spacial score (nSPS) is 8.50. The number of methoxy groups -OCH3 is 1. The van der Waals surface area contributed by atoms with Gasteiger partial charge in [-0.25, -0.2) is 14.4 Å². The van der Waals surface area contributed by atoms with Crippen LogP contribution in [-0.4, -0.2) is 24.1 Å². The molecular formula is C15H22FN3O. The van der Waals surface area contributed by atoms with Gasteiger partial charge in [-0.3, -0.25) is 0 Å². The Hall–Kier alpha value is -2.17. The van der Waals surface area contributed by atoms with Gasteiger partial charge in [0.15, 0.2) is 0 Å². The molecule has 0 fully saturated rings. The summed E-state index contributed by atoms with van der Waals surface area (Å²) in [5, 5.41) is 2.78. The number of halogens is 1. The van der Waals surface area contributed by atoms with E-state index in [9.17, 15) is 4.39 Å². The lowest BCUT2D eigenvalue weighted by molar-refractivity contribution is 0.397. The molecule has 110 valence electrons. The first-order valence-electron chi connectivity index (χ1n) is 6.41. The van der Waals surface area contributed by atoms with Crippen molar-refractivity contribution < 1.29 is 9.13 Å². The van der Waals surface area contributed by atoms with E-state index >= 15 is 0 Å². The fraction of sp³-hybridized carbons (Fsp3) is 0.333. The van der Waals surface area contributed by atoms with Gasteiger partial charge in [0.25, 0.3) is 0 Å². The Balaban J connectivity index is 0.000000321. The number of anilines is 1. The van der Waals surface area contributed by atoms with E-state index in [0.717, 1.165) is 5.56 Å². The van der Waals surface area contributed by atoms with Crippen LogP contribution in [0.5, 0.6) is 5.88 Å². The molecule has 2 rings (SSSR count). The second-order valence-corrected chi connectivity index (χ2v) is 3.49. The standard InChI is InChI=1S/C7H9NO.C6H7FN2.C2H6/c1-6-3-4-7(9-2)8-5-6;1-8-6-3-2-5(7)4-9-6;1-2/h3-5H,1-2H3;2-4H,1H3,(H,8,9);1-2H3. The van der Waals surface area contributed by atoms with E-state index in [4.69, 9.17) is 4.74 Å². The van der Waals surface area contributed by atoms with Crippen LogP contribution in [0.1, 0.15) is 19.4 Å². The Morgan fingerprint density at radius 2 is 1.75 bits per heavy atom. The lowest BCUT2D eigenvalue weighted by Crippen LogP contribution is -1.90. The molecule has 0 amide bonds. The molecule has 2 heterocycles. The van der Waals surface area contributed by atoms with Crippen molar-refractivity contribution in [3.8, 4) is 5.88 Å². The predicted molar refractivity (Wildman–Crippen MR) is 80.6 cm³/mol. The maximum absolute atomic E-state index is 12.1. The Bertz CT molecular complexity index is 412. The fourth-order valence-corrected chi connectivity index (χ4v) is 1.10. The van der Waals surface area contributed by atoms with Crippen molar-refractivity contribution in [3.05, 3.63) is 48.0 Å². The monoisotopic (exact) mass is 279 g/mol. The number of ether oxygens (including phenoxy) is 1. The van der Waals surface area contributed by atoms with Crippen LogP contribution < -0.4 is 10.1 Å². The van der Waals surface area contributed by atoms with E-state index < -0.39 is 0 Å². The summed E-state index contributed by atoms with van der Waals surface area (Å²) >= 11 is 0. The van der Waals surface area contributed by atoms with Crippen molar-refractivity contribution in [3.63, 3.8) is 0 Å². The molecule has 0 saturated carbocycles. The molecule has 0 aliphatic heterocycles. The minimum absolute atomic E-state index is 0.311. The minimum atomic E-state index is -0.311. The Morgan fingerprint density at radius 1 is 1.05 bits per heavy atom. The lowest BCUT2D eigenvalue weighted by atomic mass is 10.3. The third-order valence-corrected chi connectivity index (χ3v) is 2.08. The summed E-state index contributed by atoms with van der Waals surface area (Å²) in [6, 6.07) is 6.75. The number of pyridine rings is 2. The number of hydrogen-bond donors (Lipinski definition) is 1. The number of aryl methyl sites for hydroxylation is 1. The molecular weight excluding hydrogens is 257 g/mol. The van der Waals surface area contributed by atoms with Gasteiger partial charge in [-0.2, -0.15) is 0 Å². The van der Waals surface area contributed by atoms with Crippen molar-refractivity contribution in [2.75, 3.05) is 19.5 Å². The maximum Gasteiger partial charge on any atom is 0.212 e. The van der Waals surface area contributed by atoms with Crippen LogP contribution >= 0.6 is 0 Å². The summed E-state index contributed by atoms with van der Waals surface area (Å²) in [6.07, 6.45) is 2.95. The highest BCUT2D eigenvalue weighted by atomic mass is 19.1. The van der Waals surface area contributed by atoms with Crippen molar-refractivity contribution in [2.45, 2.75) is 20.8 Å². The molecule has 0 unspecified atom stereocenters. The first kappa shape index (κ1) is 17.8. The van der Waals surface area contributed by atoms with Gasteiger partial charge in [0.1, 0.15) is 11.6 Å². The molecule has 5 heteroatoms. The Kier molecular flexibility index (Phi) is 9.56. The van der Waals surface area contributed by atoms with E-state index in [1.54, 1.807) is 26.4 Å². The second kappa shape index (κ2) is 10.7. The number of nitrogens with one attached hydrogen (secondary N) is 1. The lowest BCUT2D eigenvalue weighted by Gasteiger charge is -1.95. The zero-order chi connectivity index (χ0) is 15.4. The average molecular weight is 279 g/mol. The second-order valence-electron chi connectivity index (χ2n) is 3.49. The van der Waals surface area contributed by atoms with E-state index in [1.807, 2.05) is 32.9 Å². The molecule has 0 aliphatic carbocycles. The zero-order valence-corrected chi connectivity index (χ0v) is 12.6. The molecule has 2 aromatic rings. The number of hydrogen-bond acceptors (Lipinski definition) is 4. The SMILES string of the molecule is CC.CNc1ccc(F)cn1.COc1ccc(C)cn1. The van der Waals surface area contributed by atoms with Gasteiger partial charge in [-0.1, -0.05) is 19.9 Å². The van der Waals surface area contributed by atoms with Crippen LogP contribution in [0.4, 0.5) is 10.2 Å². The first-order chi connectivity index (χ1) is 9.65. The molecule has 0 bridgehead atoms. The topological polar surface area (TPSA) is 47.0 Å². The van der Waals surface area contributed by atoms with Crippen LogP contribution in [-0.2, 0) is 0 Å². The summed E-state index contributed by atoms with van der Waals surface area (Å²) in [4.78, 5) is 7.69. The highest BCUT2D eigenvalue weighted by Gasteiger charge is 1.88. The van der Waals surface area contributed by atoms with Crippen molar-refractivity contribution in [2.24, 2.45) is 0 Å². The third-order valence-electron chi connectivity index (χ3n) is 2.08. The highest BCUT2D eigenvalue weighted by Crippen LogP contribution is 2.04. The predicted octanol–water partition coefficient (Wildman–Crippen LogP) is 3.69. The highest BCUT2D eigenvalue weighted by molar-refractivity contribution is 5.32. The summed E-state index contributed by atoms with van der Waals surface area (Å²) in [5.74, 6) is 1.03. The largest absolute Gasteiger partial charge is 0.481 e. The quantitative estimate of drug-likeness (QED) is 0.910. The van der Waals surface area contributed by atoms with Crippen LogP contribution in [0.25, 0.3) is 0 Å². The maximum atomic E-state index is 12.1. The third kappa shape index (κ3) is 7.31. The molecule has 0 spiro atoms. The number of aromatic nitrogens is 2. The van der Waals surface area contributed by atoms with Crippen LogP contribution in [0, 0.1) is 12.7 Å². The number of nitrogens with zero attached hydrogens (tertiary/aromatic N) is 2. The molecule has 0 saturated heterocycles. The molecule has 0 atom stereocenters. The molecule has 20 heavy (non-hydrogen) atoms. The van der Waals surface area contributed by atoms with Gasteiger partial charge in [0.05, 0.1) is 13.3 Å². The first-order valence-corrected chi connectivity index (χ1v) is 6.41. The van der Waals surface area contributed by atoms with Crippen molar-refractivity contribution >= 4 is 5.82 Å². The molecule has 0 aliphatic rings. The van der Waals surface area contributed by atoms with E-state index in [2.05, 4.69) is 15.3 Å². The van der Waals surface area contributed by atoms with Crippen LogP contribution in [0.15, 0.2) is 36.7 Å². The van der Waals surface area contributed by atoms with E-state index in [-0.39, 0.29) is 5.82 Å². The van der Waals surface area contributed by atoms with Gasteiger partial charge >= 0.3 is 0 Å². The van der Waals surface area contributed by atoms with Crippen molar-refractivity contribution in [1.82, 2.24) is 9.97 Å². The zero-order valence-electron chi connectivity index (χ0n) is 12.6. The van der Waals surface area contributed by atoms with Gasteiger partial charge in [-0.05, 0) is 24.6 Å². The number of rotatable bonds is 2. The van der Waals surface area contributed by atoms with E-state index in [1.165, 1.54) is 12.3 Å². The Morgan fingerprint density at radius 3 is 2.15 bits per heavy atom. The molecule has 0 radical (unpaired) electrons. The molecule has 0 aromatic carbocycles. The van der Waals surface area contributed by atoms with Gasteiger partial charge in [-0.15, -0.1) is 0 Å². The molecule has 1 N–H and O–H groups in total. The summed E-state index contributed by atoms with van der Waals surface area (Å²) in [5.41, 5.74) is 1.15. The smallest absolute Gasteiger partial charge is 0.212 e. The van der Waals surface area contributed by atoms with Gasteiger partial charge in [0, 0.05) is 19.3 Å².